The number of hydrogen-bond acceptors (Lipinski definition) is 4. The molecule has 4 aromatic rings. The monoisotopic (exact) mass is 402 g/mol. The molecule has 1 aliphatic rings. The Morgan fingerprint density at radius 1 is 1.00 bits per heavy atom. The Kier molecular flexibility index (Phi) is 4.90. The number of amides is 1. The fraction of sp³-hybridized carbons (Fsp3) is 0.250. The molecule has 1 aliphatic heterocycles. The first kappa shape index (κ1) is 18.1. The lowest BCUT2D eigenvalue weighted by Crippen LogP contribution is -2.42. The molecule has 0 unspecified atom stereocenters. The van der Waals surface area contributed by atoms with Crippen molar-refractivity contribution in [3.05, 3.63) is 72.3 Å². The second-order valence-electron chi connectivity index (χ2n) is 7.50. The molecule has 146 valence electrons. The van der Waals surface area contributed by atoms with E-state index in [1.54, 1.807) is 11.3 Å². The van der Waals surface area contributed by atoms with Gasteiger partial charge < -0.3 is 9.64 Å². The lowest BCUT2D eigenvalue weighted by molar-refractivity contribution is -0.132. The topological polar surface area (TPSA) is 42.4 Å². The van der Waals surface area contributed by atoms with Crippen molar-refractivity contribution in [3.8, 4) is 5.19 Å². The van der Waals surface area contributed by atoms with Crippen LogP contribution in [0.2, 0.25) is 0 Å². The minimum Gasteiger partial charge on any atom is -0.467 e. The normalized spacial score (nSPS) is 15.1. The molecule has 1 saturated heterocycles. The average molecular weight is 403 g/mol. The van der Waals surface area contributed by atoms with Gasteiger partial charge in [0.05, 0.1) is 16.6 Å². The predicted octanol–water partition coefficient (Wildman–Crippen LogP) is 5.06. The Labute approximate surface area is 173 Å². The van der Waals surface area contributed by atoms with Crippen LogP contribution in [0, 0.1) is 0 Å². The molecule has 5 rings (SSSR count). The summed E-state index contributed by atoms with van der Waals surface area (Å²) in [5.74, 6) is 0.193. The van der Waals surface area contributed by atoms with E-state index in [0.717, 1.165) is 46.9 Å². The minimum absolute atomic E-state index is 0.125. The number of thiazole rings is 1. The van der Waals surface area contributed by atoms with Crippen LogP contribution in [0.15, 0.2) is 66.7 Å². The zero-order chi connectivity index (χ0) is 19.6. The molecule has 0 atom stereocenters. The Bertz CT molecular complexity index is 1130. The third-order valence-electron chi connectivity index (χ3n) is 5.51. The maximum Gasteiger partial charge on any atom is 0.274 e. The van der Waals surface area contributed by atoms with E-state index in [9.17, 15) is 4.79 Å². The third-order valence-corrected chi connectivity index (χ3v) is 6.43. The van der Waals surface area contributed by atoms with Crippen molar-refractivity contribution in [1.82, 2.24) is 9.88 Å². The van der Waals surface area contributed by atoms with Crippen LogP contribution >= 0.6 is 11.3 Å². The number of hydrogen-bond donors (Lipinski definition) is 0. The zero-order valence-corrected chi connectivity index (χ0v) is 16.9. The van der Waals surface area contributed by atoms with Gasteiger partial charge in [0.25, 0.3) is 5.19 Å². The number of benzene rings is 3. The van der Waals surface area contributed by atoms with E-state index in [4.69, 9.17) is 4.74 Å². The van der Waals surface area contributed by atoms with Gasteiger partial charge in [-0.3, -0.25) is 4.79 Å². The first-order valence-electron chi connectivity index (χ1n) is 10.0. The van der Waals surface area contributed by atoms with Crippen molar-refractivity contribution in [3.63, 3.8) is 0 Å². The van der Waals surface area contributed by atoms with Gasteiger partial charge in [-0.2, -0.15) is 0 Å². The average Bonchev–Trinajstić information content (AvgIpc) is 3.16. The number of likely N-dealkylation sites (tertiary alicyclic amines) is 1. The molecule has 5 heteroatoms. The van der Waals surface area contributed by atoms with Crippen LogP contribution in [0.4, 0.5) is 0 Å². The summed E-state index contributed by atoms with van der Waals surface area (Å²) in [6.45, 7) is 1.48. The Morgan fingerprint density at radius 2 is 1.76 bits per heavy atom. The molecule has 0 N–H and O–H groups in total. The van der Waals surface area contributed by atoms with Crippen molar-refractivity contribution in [2.75, 3.05) is 13.1 Å². The first-order valence-corrected chi connectivity index (χ1v) is 10.8. The molecule has 0 aliphatic carbocycles. The standard InChI is InChI=1S/C24H22N2O2S/c27-23(16-17-9-10-18-5-1-2-6-19(18)15-17)26-13-11-20(12-14-26)28-24-25-21-7-3-4-8-22(21)29-24/h1-10,15,20H,11-14,16H2. The van der Waals surface area contributed by atoms with Gasteiger partial charge in [-0.15, -0.1) is 0 Å². The number of aromatic nitrogens is 1. The van der Waals surface area contributed by atoms with E-state index in [1.807, 2.05) is 35.2 Å². The molecular weight excluding hydrogens is 380 g/mol. The molecule has 1 aromatic heterocycles. The number of carbonyl (C=O) groups excluding carboxylic acids is 1. The lowest BCUT2D eigenvalue weighted by Gasteiger charge is -2.31. The number of rotatable bonds is 4. The van der Waals surface area contributed by atoms with Crippen LogP contribution < -0.4 is 4.74 Å². The van der Waals surface area contributed by atoms with Crippen LogP contribution in [-0.4, -0.2) is 35.0 Å². The molecule has 0 bridgehead atoms. The summed E-state index contributed by atoms with van der Waals surface area (Å²) in [5.41, 5.74) is 2.05. The molecule has 2 heterocycles. The van der Waals surface area contributed by atoms with E-state index in [2.05, 4.69) is 41.4 Å². The second-order valence-corrected chi connectivity index (χ2v) is 8.50. The van der Waals surface area contributed by atoms with Gasteiger partial charge in [-0.05, 0) is 28.5 Å². The fourth-order valence-electron chi connectivity index (χ4n) is 3.90. The third kappa shape index (κ3) is 3.96. The summed E-state index contributed by atoms with van der Waals surface area (Å²) in [5, 5.41) is 3.12. The molecule has 0 spiro atoms. The van der Waals surface area contributed by atoms with E-state index in [1.165, 1.54) is 10.8 Å². The predicted molar refractivity (Wildman–Crippen MR) is 118 cm³/mol. The van der Waals surface area contributed by atoms with E-state index >= 15 is 0 Å². The minimum atomic E-state index is 0.125. The van der Waals surface area contributed by atoms with Crippen LogP contribution in [-0.2, 0) is 11.2 Å². The maximum absolute atomic E-state index is 12.8. The quantitative estimate of drug-likeness (QED) is 0.479. The second kappa shape index (κ2) is 7.84. The summed E-state index contributed by atoms with van der Waals surface area (Å²) in [6, 6.07) is 22.6. The van der Waals surface area contributed by atoms with Gasteiger partial charge in [0.15, 0.2) is 0 Å². The highest BCUT2D eigenvalue weighted by molar-refractivity contribution is 7.20. The smallest absolute Gasteiger partial charge is 0.274 e. The van der Waals surface area contributed by atoms with Crippen molar-refractivity contribution in [2.24, 2.45) is 0 Å². The summed E-state index contributed by atoms with van der Waals surface area (Å²) in [6.07, 6.45) is 2.27. The lowest BCUT2D eigenvalue weighted by atomic mass is 10.0. The number of piperidine rings is 1. The van der Waals surface area contributed by atoms with Gasteiger partial charge in [-0.25, -0.2) is 4.98 Å². The number of nitrogens with zero attached hydrogens (tertiary/aromatic N) is 2. The molecule has 1 fully saturated rings. The molecular formula is C24H22N2O2S. The Hall–Kier alpha value is -2.92. The van der Waals surface area contributed by atoms with Crippen LogP contribution in [0.1, 0.15) is 18.4 Å². The number of para-hydroxylation sites is 1. The van der Waals surface area contributed by atoms with E-state index in [-0.39, 0.29) is 12.0 Å². The summed E-state index contributed by atoms with van der Waals surface area (Å²) < 4.78 is 7.25. The van der Waals surface area contributed by atoms with E-state index < -0.39 is 0 Å². The van der Waals surface area contributed by atoms with Crippen molar-refractivity contribution in [2.45, 2.75) is 25.4 Å². The van der Waals surface area contributed by atoms with E-state index in [0.29, 0.717) is 6.42 Å². The molecule has 3 aromatic carbocycles. The first-order chi connectivity index (χ1) is 14.2. The largest absolute Gasteiger partial charge is 0.467 e. The van der Waals surface area contributed by atoms with Crippen molar-refractivity contribution < 1.29 is 9.53 Å². The van der Waals surface area contributed by atoms with Gasteiger partial charge in [0, 0.05) is 25.9 Å². The highest BCUT2D eigenvalue weighted by Crippen LogP contribution is 2.29. The Balaban J connectivity index is 1.17. The number of carbonyl (C=O) groups is 1. The summed E-state index contributed by atoms with van der Waals surface area (Å²) in [4.78, 5) is 19.3. The van der Waals surface area contributed by atoms with Crippen LogP contribution in [0.5, 0.6) is 5.19 Å². The van der Waals surface area contributed by atoms with Crippen molar-refractivity contribution in [1.29, 1.82) is 0 Å². The van der Waals surface area contributed by atoms with Crippen LogP contribution in [0.25, 0.3) is 21.0 Å². The number of fused-ring (bicyclic) bond motifs is 2. The molecule has 29 heavy (non-hydrogen) atoms. The molecule has 4 nitrogen and oxygen atoms in total. The van der Waals surface area contributed by atoms with Crippen molar-refractivity contribution >= 4 is 38.2 Å². The van der Waals surface area contributed by atoms with Gasteiger partial charge in [-0.1, -0.05) is 65.9 Å². The molecule has 0 saturated carbocycles. The number of ether oxygens (including phenoxy) is 1. The Morgan fingerprint density at radius 3 is 2.59 bits per heavy atom. The summed E-state index contributed by atoms with van der Waals surface area (Å²) in [7, 11) is 0. The van der Waals surface area contributed by atoms with Gasteiger partial charge in [0.2, 0.25) is 5.91 Å². The fourth-order valence-corrected chi connectivity index (χ4v) is 4.78. The van der Waals surface area contributed by atoms with Gasteiger partial charge >= 0.3 is 0 Å². The zero-order valence-electron chi connectivity index (χ0n) is 16.1. The maximum atomic E-state index is 12.8. The van der Waals surface area contributed by atoms with Crippen LogP contribution in [0.3, 0.4) is 0 Å². The van der Waals surface area contributed by atoms with Gasteiger partial charge in [0.1, 0.15) is 6.10 Å². The highest BCUT2D eigenvalue weighted by Gasteiger charge is 2.24. The highest BCUT2D eigenvalue weighted by atomic mass is 32.1. The molecule has 0 radical (unpaired) electrons. The SMILES string of the molecule is O=C(Cc1ccc2ccccc2c1)N1CCC(Oc2nc3ccccc3s2)CC1. The summed E-state index contributed by atoms with van der Waals surface area (Å²) >= 11 is 1.59. The molecule has 1 amide bonds.